The molecule has 1 unspecified atom stereocenters. The van der Waals surface area contributed by atoms with E-state index in [4.69, 9.17) is 0 Å². The Labute approximate surface area is 125 Å². The number of hydrogen-bond acceptors (Lipinski definition) is 2. The van der Waals surface area contributed by atoms with Crippen molar-refractivity contribution in [1.29, 1.82) is 0 Å². The molecule has 0 aromatic heterocycles. The molecule has 110 valence electrons. The molecular weight excluding hydrogens is 265 g/mol. The second-order valence-corrected chi connectivity index (χ2v) is 5.49. The number of benzene rings is 2. The van der Waals surface area contributed by atoms with E-state index in [1.54, 1.807) is 18.2 Å². The monoisotopic (exact) mass is 285 g/mol. The highest BCUT2D eigenvalue weighted by Crippen LogP contribution is 2.18. The summed E-state index contributed by atoms with van der Waals surface area (Å²) in [6.07, 6.45) is 0.617. The third kappa shape index (κ3) is 4.23. The van der Waals surface area contributed by atoms with E-state index >= 15 is 0 Å². The molecule has 0 aliphatic carbocycles. The summed E-state index contributed by atoms with van der Waals surface area (Å²) < 4.78 is 13.8. The number of carbonyl (C=O) groups excluding carboxylic acids is 1. The maximum atomic E-state index is 13.8. The van der Waals surface area contributed by atoms with E-state index in [0.29, 0.717) is 13.0 Å². The van der Waals surface area contributed by atoms with E-state index in [1.807, 2.05) is 49.3 Å². The van der Waals surface area contributed by atoms with Gasteiger partial charge in [0.2, 0.25) is 0 Å². The van der Waals surface area contributed by atoms with Gasteiger partial charge in [-0.3, -0.25) is 4.79 Å². The van der Waals surface area contributed by atoms with Crippen molar-refractivity contribution in [3.05, 3.63) is 71.5 Å². The van der Waals surface area contributed by atoms with E-state index in [0.717, 1.165) is 5.56 Å². The zero-order chi connectivity index (χ0) is 15.2. The molecule has 1 atom stereocenters. The first kappa shape index (κ1) is 15.4. The van der Waals surface area contributed by atoms with Crippen molar-refractivity contribution in [3.8, 4) is 0 Å². The Morgan fingerprint density at radius 1 is 1.05 bits per heavy atom. The molecule has 2 rings (SSSR count). The first-order valence-corrected chi connectivity index (χ1v) is 7.05. The minimum absolute atomic E-state index is 0.134. The highest BCUT2D eigenvalue weighted by molar-refractivity contribution is 5.98. The molecule has 0 aliphatic heterocycles. The summed E-state index contributed by atoms with van der Waals surface area (Å²) in [4.78, 5) is 14.6. The normalized spacial score (nSPS) is 12.4. The zero-order valence-electron chi connectivity index (χ0n) is 12.4. The first-order chi connectivity index (χ1) is 10.1. The quantitative estimate of drug-likeness (QED) is 0.758. The van der Waals surface area contributed by atoms with Crippen LogP contribution in [0.15, 0.2) is 54.6 Å². The molecule has 2 nitrogen and oxygen atoms in total. The molecule has 0 N–H and O–H groups in total. The number of hydrogen-bond donors (Lipinski definition) is 0. The lowest BCUT2D eigenvalue weighted by Gasteiger charge is -2.20. The first-order valence-electron chi connectivity index (χ1n) is 7.05. The fourth-order valence-electron chi connectivity index (χ4n) is 2.46. The molecular formula is C18H20FNO. The topological polar surface area (TPSA) is 20.3 Å². The third-order valence-electron chi connectivity index (χ3n) is 3.42. The van der Waals surface area contributed by atoms with Crippen molar-refractivity contribution in [3.63, 3.8) is 0 Å². The van der Waals surface area contributed by atoms with Gasteiger partial charge in [0.05, 0.1) is 5.56 Å². The van der Waals surface area contributed by atoms with Crippen molar-refractivity contribution < 1.29 is 9.18 Å². The highest BCUT2D eigenvalue weighted by Gasteiger charge is 2.23. The Hall–Kier alpha value is -2.00. The molecule has 2 aromatic rings. The van der Waals surface area contributed by atoms with E-state index in [-0.39, 0.29) is 17.3 Å². The van der Waals surface area contributed by atoms with E-state index in [1.165, 1.54) is 6.07 Å². The van der Waals surface area contributed by atoms with Gasteiger partial charge >= 0.3 is 0 Å². The van der Waals surface area contributed by atoms with Gasteiger partial charge in [0.1, 0.15) is 5.82 Å². The molecule has 2 aromatic carbocycles. The van der Waals surface area contributed by atoms with Crippen molar-refractivity contribution in [2.75, 3.05) is 20.6 Å². The van der Waals surface area contributed by atoms with Crippen LogP contribution in [0.4, 0.5) is 4.39 Å². The van der Waals surface area contributed by atoms with Gasteiger partial charge in [-0.2, -0.15) is 0 Å². The molecule has 0 spiro atoms. The molecule has 0 saturated heterocycles. The van der Waals surface area contributed by atoms with E-state index < -0.39 is 5.82 Å². The second-order valence-electron chi connectivity index (χ2n) is 5.49. The molecule has 0 amide bonds. The molecule has 21 heavy (non-hydrogen) atoms. The third-order valence-corrected chi connectivity index (χ3v) is 3.42. The average molecular weight is 285 g/mol. The van der Waals surface area contributed by atoms with Gasteiger partial charge in [-0.25, -0.2) is 4.39 Å². The molecule has 0 fully saturated rings. The summed E-state index contributed by atoms with van der Waals surface area (Å²) >= 11 is 0. The standard InChI is InChI=1S/C18H20FNO/c1-20(2)13-15(12-14-8-4-3-5-9-14)18(21)16-10-6-7-11-17(16)19/h3-11,15H,12-13H2,1-2H3. The van der Waals surface area contributed by atoms with E-state index in [2.05, 4.69) is 0 Å². The van der Waals surface area contributed by atoms with Crippen LogP contribution < -0.4 is 0 Å². The summed E-state index contributed by atoms with van der Waals surface area (Å²) in [5.74, 6) is -0.829. The number of ketones is 1. The van der Waals surface area contributed by atoms with Crippen LogP contribution in [0.1, 0.15) is 15.9 Å². The Kier molecular flexibility index (Phi) is 5.23. The smallest absolute Gasteiger partial charge is 0.170 e. The van der Waals surface area contributed by atoms with Crippen molar-refractivity contribution in [2.45, 2.75) is 6.42 Å². The summed E-state index contributed by atoms with van der Waals surface area (Å²) in [5, 5.41) is 0. The Morgan fingerprint density at radius 2 is 1.67 bits per heavy atom. The number of carbonyl (C=O) groups is 1. The van der Waals surface area contributed by atoms with Crippen molar-refractivity contribution in [2.24, 2.45) is 5.92 Å². The largest absolute Gasteiger partial charge is 0.309 e. The van der Waals surface area contributed by atoms with Crippen LogP contribution in [0.5, 0.6) is 0 Å². The number of Topliss-reactive ketones (excluding diaryl/α,β-unsaturated/α-hetero) is 1. The molecule has 0 saturated carbocycles. The Morgan fingerprint density at radius 3 is 2.29 bits per heavy atom. The number of halogens is 1. The number of rotatable bonds is 6. The van der Waals surface area contributed by atoms with Crippen LogP contribution in [-0.4, -0.2) is 31.3 Å². The average Bonchev–Trinajstić information content (AvgIpc) is 2.47. The summed E-state index contributed by atoms with van der Waals surface area (Å²) in [6, 6.07) is 16.0. The maximum absolute atomic E-state index is 13.8. The second kappa shape index (κ2) is 7.14. The number of nitrogens with zero attached hydrogens (tertiary/aromatic N) is 1. The predicted molar refractivity (Wildman–Crippen MR) is 82.9 cm³/mol. The van der Waals surface area contributed by atoms with Gasteiger partial charge in [0, 0.05) is 12.5 Å². The lowest BCUT2D eigenvalue weighted by atomic mass is 9.90. The van der Waals surface area contributed by atoms with Gasteiger partial charge in [-0.15, -0.1) is 0 Å². The van der Waals surface area contributed by atoms with Crippen molar-refractivity contribution >= 4 is 5.78 Å². The Balaban J connectivity index is 2.23. The summed E-state index contributed by atoms with van der Waals surface area (Å²) in [6.45, 7) is 0.599. The molecule has 0 heterocycles. The molecule has 3 heteroatoms. The maximum Gasteiger partial charge on any atom is 0.170 e. The summed E-state index contributed by atoms with van der Waals surface area (Å²) in [5.41, 5.74) is 1.27. The SMILES string of the molecule is CN(C)CC(Cc1ccccc1)C(=O)c1ccccc1F. The van der Waals surface area contributed by atoms with Gasteiger partial charge in [0.15, 0.2) is 5.78 Å². The van der Waals surface area contributed by atoms with E-state index in [9.17, 15) is 9.18 Å². The minimum atomic E-state index is -0.445. The van der Waals surface area contributed by atoms with Crippen LogP contribution in [-0.2, 0) is 6.42 Å². The van der Waals surface area contributed by atoms with Gasteiger partial charge < -0.3 is 4.90 Å². The minimum Gasteiger partial charge on any atom is -0.309 e. The van der Waals surface area contributed by atoms with Crippen LogP contribution in [0.3, 0.4) is 0 Å². The van der Waals surface area contributed by atoms with Crippen molar-refractivity contribution in [1.82, 2.24) is 4.90 Å². The van der Waals surface area contributed by atoms with Gasteiger partial charge in [0.25, 0.3) is 0 Å². The summed E-state index contributed by atoms with van der Waals surface area (Å²) in [7, 11) is 3.85. The highest BCUT2D eigenvalue weighted by atomic mass is 19.1. The fraction of sp³-hybridized carbons (Fsp3) is 0.278. The van der Waals surface area contributed by atoms with Crippen LogP contribution in [0.2, 0.25) is 0 Å². The predicted octanol–water partition coefficient (Wildman–Crippen LogP) is 3.43. The van der Waals surface area contributed by atoms with Gasteiger partial charge in [-0.1, -0.05) is 42.5 Å². The molecule has 0 aliphatic rings. The Bertz CT molecular complexity index is 595. The zero-order valence-corrected chi connectivity index (χ0v) is 12.4. The molecule has 0 bridgehead atoms. The van der Waals surface area contributed by atoms with Crippen LogP contribution in [0.25, 0.3) is 0 Å². The lowest BCUT2D eigenvalue weighted by molar-refractivity contribution is 0.0892. The van der Waals surface area contributed by atoms with Crippen LogP contribution in [0, 0.1) is 11.7 Å². The fourth-order valence-corrected chi connectivity index (χ4v) is 2.46. The van der Waals surface area contributed by atoms with Crippen LogP contribution >= 0.6 is 0 Å². The van der Waals surface area contributed by atoms with Gasteiger partial charge in [-0.05, 0) is 38.2 Å². The lowest BCUT2D eigenvalue weighted by Crippen LogP contribution is -2.30. The molecule has 0 radical (unpaired) electrons.